The first-order valence-corrected chi connectivity index (χ1v) is 5.54. The third kappa shape index (κ3) is 1.86. The van der Waals surface area contributed by atoms with Crippen molar-refractivity contribution in [3.8, 4) is 0 Å². The molecule has 5 heteroatoms. The number of ether oxygens (including phenoxy) is 1. The van der Waals surface area contributed by atoms with E-state index in [1.807, 2.05) is 0 Å². The van der Waals surface area contributed by atoms with Gasteiger partial charge in [0, 0.05) is 6.54 Å². The Balaban J connectivity index is 1.97. The zero-order valence-electron chi connectivity index (χ0n) is 9.77. The molecule has 0 spiro atoms. The summed E-state index contributed by atoms with van der Waals surface area (Å²) < 4.78 is 5.24. The highest BCUT2D eigenvalue weighted by Gasteiger charge is 2.63. The van der Waals surface area contributed by atoms with Crippen LogP contribution in [0.4, 0.5) is 4.79 Å². The number of fused-ring (bicyclic) bond motifs is 1. The van der Waals surface area contributed by atoms with Crippen molar-refractivity contribution in [3.63, 3.8) is 0 Å². The molecule has 90 valence electrons. The number of carbonyl (C=O) groups excluding carboxylic acids is 1. The van der Waals surface area contributed by atoms with E-state index in [4.69, 9.17) is 9.84 Å². The maximum absolute atomic E-state index is 11.8. The number of likely N-dealkylation sites (tertiary alicyclic amines) is 1. The summed E-state index contributed by atoms with van der Waals surface area (Å²) in [5.74, 6) is -1.03. The number of hydrogen-bond donors (Lipinski definition) is 1. The summed E-state index contributed by atoms with van der Waals surface area (Å²) in [5.41, 5.74) is -0.525. The van der Waals surface area contributed by atoms with E-state index >= 15 is 0 Å². The summed E-state index contributed by atoms with van der Waals surface area (Å²) in [6, 6.07) is -0.132. The standard InChI is InChI=1S/C11H17NO4/c1-11(2,3)16-10(15)12-5-4-6-7(8(6)12)9(13)14/h6-8H,4-5H2,1-3H3,(H,13,14)/t6-,7-,8+/m1/s1. The van der Waals surface area contributed by atoms with Crippen LogP contribution in [-0.4, -0.2) is 40.3 Å². The van der Waals surface area contributed by atoms with Crippen LogP contribution in [0, 0.1) is 11.8 Å². The Kier molecular flexibility index (Phi) is 2.36. The number of carboxylic acid groups (broad SMARTS) is 1. The molecule has 5 nitrogen and oxygen atoms in total. The van der Waals surface area contributed by atoms with E-state index in [-0.39, 0.29) is 24.0 Å². The van der Waals surface area contributed by atoms with Crippen LogP contribution in [0.1, 0.15) is 27.2 Å². The van der Waals surface area contributed by atoms with Gasteiger partial charge in [0.1, 0.15) is 5.60 Å². The number of amides is 1. The molecule has 16 heavy (non-hydrogen) atoms. The predicted octanol–water partition coefficient (Wildman–Crippen LogP) is 1.33. The van der Waals surface area contributed by atoms with Gasteiger partial charge in [-0.3, -0.25) is 4.79 Å². The van der Waals surface area contributed by atoms with E-state index in [0.717, 1.165) is 6.42 Å². The molecule has 0 aromatic heterocycles. The van der Waals surface area contributed by atoms with Crippen LogP contribution in [0.3, 0.4) is 0 Å². The minimum atomic E-state index is -0.803. The fourth-order valence-corrected chi connectivity index (χ4v) is 2.43. The molecule has 2 fully saturated rings. The van der Waals surface area contributed by atoms with Crippen LogP contribution < -0.4 is 0 Å². The van der Waals surface area contributed by atoms with Gasteiger partial charge in [-0.05, 0) is 33.1 Å². The van der Waals surface area contributed by atoms with Crippen molar-refractivity contribution in [1.82, 2.24) is 4.90 Å². The molecule has 0 radical (unpaired) electrons. The minimum Gasteiger partial charge on any atom is -0.481 e. The summed E-state index contributed by atoms with van der Waals surface area (Å²) in [6.07, 6.45) is 0.393. The molecule has 2 rings (SSSR count). The topological polar surface area (TPSA) is 66.8 Å². The van der Waals surface area contributed by atoms with Crippen LogP contribution in [0.15, 0.2) is 0 Å². The number of carboxylic acids is 1. The van der Waals surface area contributed by atoms with Crippen LogP contribution in [0.5, 0.6) is 0 Å². The number of aliphatic carboxylic acids is 1. The second kappa shape index (κ2) is 3.37. The number of nitrogens with zero attached hydrogens (tertiary/aromatic N) is 1. The van der Waals surface area contributed by atoms with Crippen molar-refractivity contribution in [3.05, 3.63) is 0 Å². The van der Waals surface area contributed by atoms with Crippen molar-refractivity contribution in [2.75, 3.05) is 6.54 Å². The Labute approximate surface area is 94.4 Å². The number of rotatable bonds is 1. The Morgan fingerprint density at radius 2 is 2.00 bits per heavy atom. The van der Waals surface area contributed by atoms with Crippen molar-refractivity contribution in [2.45, 2.75) is 38.8 Å². The van der Waals surface area contributed by atoms with Crippen LogP contribution in [0.25, 0.3) is 0 Å². The van der Waals surface area contributed by atoms with Gasteiger partial charge in [0.25, 0.3) is 0 Å². The van der Waals surface area contributed by atoms with Gasteiger partial charge in [-0.25, -0.2) is 4.79 Å². The van der Waals surface area contributed by atoms with Gasteiger partial charge in [-0.15, -0.1) is 0 Å². The normalized spacial score (nSPS) is 32.2. The van der Waals surface area contributed by atoms with Gasteiger partial charge in [-0.1, -0.05) is 0 Å². The quantitative estimate of drug-likeness (QED) is 0.733. The fraction of sp³-hybridized carbons (Fsp3) is 0.818. The molecular weight excluding hydrogens is 210 g/mol. The smallest absolute Gasteiger partial charge is 0.410 e. The summed E-state index contributed by atoms with van der Waals surface area (Å²) in [4.78, 5) is 24.2. The largest absolute Gasteiger partial charge is 0.481 e. The Morgan fingerprint density at radius 3 is 2.44 bits per heavy atom. The molecule has 1 saturated heterocycles. The monoisotopic (exact) mass is 227 g/mol. The van der Waals surface area contributed by atoms with Gasteiger partial charge in [0.2, 0.25) is 0 Å². The zero-order valence-corrected chi connectivity index (χ0v) is 9.77. The third-order valence-corrected chi connectivity index (χ3v) is 3.10. The minimum absolute atomic E-state index is 0.132. The molecule has 1 aliphatic carbocycles. The molecule has 3 atom stereocenters. The lowest BCUT2D eigenvalue weighted by Gasteiger charge is -2.25. The van der Waals surface area contributed by atoms with Gasteiger partial charge in [0.15, 0.2) is 0 Å². The number of hydrogen-bond acceptors (Lipinski definition) is 3. The summed E-state index contributed by atoms with van der Waals surface area (Å²) in [7, 11) is 0. The predicted molar refractivity (Wildman–Crippen MR) is 56.0 cm³/mol. The molecule has 1 amide bonds. The van der Waals surface area contributed by atoms with Crippen molar-refractivity contribution in [2.24, 2.45) is 11.8 Å². The third-order valence-electron chi connectivity index (χ3n) is 3.10. The highest BCUT2D eigenvalue weighted by molar-refractivity contribution is 5.79. The van der Waals surface area contributed by atoms with Gasteiger partial charge < -0.3 is 14.7 Å². The van der Waals surface area contributed by atoms with Crippen LogP contribution in [-0.2, 0) is 9.53 Å². The highest BCUT2D eigenvalue weighted by atomic mass is 16.6. The average Bonchev–Trinajstić information content (AvgIpc) is 2.64. The Bertz CT molecular complexity index is 333. The number of carbonyl (C=O) groups is 2. The summed E-state index contributed by atoms with van der Waals surface area (Å²) >= 11 is 0. The molecule has 0 aromatic carbocycles. The molecule has 2 aliphatic rings. The fourth-order valence-electron chi connectivity index (χ4n) is 2.43. The van der Waals surface area contributed by atoms with E-state index in [2.05, 4.69) is 0 Å². The lowest BCUT2D eigenvalue weighted by molar-refractivity contribution is -0.139. The maximum atomic E-state index is 11.8. The zero-order chi connectivity index (χ0) is 12.1. The van der Waals surface area contributed by atoms with Crippen LogP contribution >= 0.6 is 0 Å². The van der Waals surface area contributed by atoms with E-state index in [1.54, 1.807) is 25.7 Å². The van der Waals surface area contributed by atoms with E-state index < -0.39 is 11.6 Å². The SMILES string of the molecule is CC(C)(C)OC(=O)N1CC[C@@H]2[C@@H](C(=O)O)[C@H]21. The molecule has 0 bridgehead atoms. The molecule has 1 saturated carbocycles. The Morgan fingerprint density at radius 1 is 1.38 bits per heavy atom. The van der Waals surface area contributed by atoms with Gasteiger partial charge in [-0.2, -0.15) is 0 Å². The molecule has 0 unspecified atom stereocenters. The maximum Gasteiger partial charge on any atom is 0.410 e. The first-order valence-electron chi connectivity index (χ1n) is 5.54. The van der Waals surface area contributed by atoms with Gasteiger partial charge in [0.05, 0.1) is 12.0 Å². The molecule has 1 heterocycles. The lowest BCUT2D eigenvalue weighted by atomic mass is 10.2. The summed E-state index contributed by atoms with van der Waals surface area (Å²) in [6.45, 7) is 6.04. The Hall–Kier alpha value is -1.26. The van der Waals surface area contributed by atoms with E-state index in [0.29, 0.717) is 6.54 Å². The molecular formula is C11H17NO4. The van der Waals surface area contributed by atoms with Crippen LogP contribution in [0.2, 0.25) is 0 Å². The first-order chi connectivity index (χ1) is 7.31. The van der Waals surface area contributed by atoms with Crippen molar-refractivity contribution >= 4 is 12.1 Å². The first kappa shape index (κ1) is 11.2. The lowest BCUT2D eigenvalue weighted by Crippen LogP contribution is -2.38. The van der Waals surface area contributed by atoms with E-state index in [1.165, 1.54) is 0 Å². The highest BCUT2D eigenvalue weighted by Crippen LogP contribution is 2.51. The number of piperidine rings is 1. The molecule has 0 aromatic rings. The molecule has 1 N–H and O–H groups in total. The summed E-state index contributed by atoms with van der Waals surface area (Å²) in [5, 5.41) is 8.91. The van der Waals surface area contributed by atoms with Crippen molar-refractivity contribution in [1.29, 1.82) is 0 Å². The second-order valence-electron chi connectivity index (χ2n) is 5.48. The van der Waals surface area contributed by atoms with Gasteiger partial charge >= 0.3 is 12.1 Å². The van der Waals surface area contributed by atoms with E-state index in [9.17, 15) is 9.59 Å². The van der Waals surface area contributed by atoms with Crippen molar-refractivity contribution < 1.29 is 19.4 Å². The average molecular weight is 227 g/mol. The molecule has 1 aliphatic heterocycles. The second-order valence-corrected chi connectivity index (χ2v) is 5.48.